The van der Waals surface area contributed by atoms with Crippen LogP contribution in [0.3, 0.4) is 0 Å². The van der Waals surface area contributed by atoms with E-state index in [4.69, 9.17) is 0 Å². The van der Waals surface area contributed by atoms with Gasteiger partial charge in [0.2, 0.25) is 0 Å². The molecule has 0 aliphatic heterocycles. The Hall–Kier alpha value is -0.870. The summed E-state index contributed by atoms with van der Waals surface area (Å²) in [5.41, 5.74) is 1.02. The van der Waals surface area contributed by atoms with Crippen molar-refractivity contribution in [1.82, 2.24) is 5.32 Å². The number of rotatable bonds is 6. The fourth-order valence-electron chi connectivity index (χ4n) is 1.91. The third-order valence-electron chi connectivity index (χ3n) is 3.38. The van der Waals surface area contributed by atoms with Crippen LogP contribution in [0.4, 0.5) is 0 Å². The molecule has 1 aromatic rings. The van der Waals surface area contributed by atoms with Gasteiger partial charge in [0.25, 0.3) is 0 Å². The van der Waals surface area contributed by atoms with E-state index in [9.17, 15) is 8.42 Å². The second-order valence-corrected chi connectivity index (χ2v) is 7.77. The average molecular weight is 269 g/mol. The summed E-state index contributed by atoms with van der Waals surface area (Å²) < 4.78 is 23.2. The minimum atomic E-state index is -3.14. The van der Waals surface area contributed by atoms with Gasteiger partial charge >= 0.3 is 0 Å². The topological polar surface area (TPSA) is 46.2 Å². The largest absolute Gasteiger partial charge is 0.309 e. The summed E-state index contributed by atoms with van der Waals surface area (Å²) in [6, 6.07) is 9.57. The summed E-state index contributed by atoms with van der Waals surface area (Å²) >= 11 is 0. The molecule has 3 nitrogen and oxygen atoms in total. The molecule has 1 aromatic carbocycles. The Morgan fingerprint density at radius 2 is 1.78 bits per heavy atom. The number of hydrogen-bond acceptors (Lipinski definition) is 3. The van der Waals surface area contributed by atoms with Gasteiger partial charge in [0, 0.05) is 6.26 Å². The quantitative estimate of drug-likeness (QED) is 0.863. The molecule has 0 heterocycles. The first-order valence-electron chi connectivity index (χ1n) is 6.28. The summed E-state index contributed by atoms with van der Waals surface area (Å²) in [6.07, 6.45) is 2.28. The van der Waals surface area contributed by atoms with Crippen LogP contribution < -0.4 is 5.32 Å². The van der Waals surface area contributed by atoms with Crippen LogP contribution in [-0.4, -0.2) is 26.0 Å². The molecule has 102 valence electrons. The van der Waals surface area contributed by atoms with Crippen LogP contribution in [-0.2, 0) is 9.84 Å². The molecule has 0 radical (unpaired) electrons. The number of sulfone groups is 1. The molecule has 0 spiro atoms. The lowest BCUT2D eigenvalue weighted by Gasteiger charge is -2.34. The number of nitrogens with one attached hydrogen (secondary N) is 1. The second kappa shape index (κ2) is 5.85. The van der Waals surface area contributed by atoms with Crippen LogP contribution >= 0.6 is 0 Å². The van der Waals surface area contributed by atoms with E-state index < -0.39 is 14.6 Å². The minimum Gasteiger partial charge on any atom is -0.309 e. The predicted molar refractivity (Wildman–Crippen MR) is 76.4 cm³/mol. The maximum atomic E-state index is 12.0. The number of hydrogen-bond donors (Lipinski definition) is 1. The normalized spacial score (nSPS) is 14.4. The van der Waals surface area contributed by atoms with Crippen molar-refractivity contribution in [3.05, 3.63) is 35.9 Å². The molecule has 4 heteroatoms. The SMILES string of the molecule is CCCNC(c1ccccc1)C(C)(C)S(C)(=O)=O. The van der Waals surface area contributed by atoms with E-state index in [1.807, 2.05) is 30.3 Å². The van der Waals surface area contributed by atoms with E-state index in [1.165, 1.54) is 6.26 Å². The molecule has 1 rings (SSSR count). The van der Waals surface area contributed by atoms with Crippen LogP contribution in [0.15, 0.2) is 30.3 Å². The molecule has 0 fully saturated rings. The van der Waals surface area contributed by atoms with Crippen LogP contribution in [0.2, 0.25) is 0 Å². The monoisotopic (exact) mass is 269 g/mol. The lowest BCUT2D eigenvalue weighted by Crippen LogP contribution is -2.45. The summed E-state index contributed by atoms with van der Waals surface area (Å²) in [5.74, 6) is 0. The molecular formula is C14H23NO2S. The zero-order valence-electron chi connectivity index (χ0n) is 11.6. The maximum Gasteiger partial charge on any atom is 0.154 e. The van der Waals surface area contributed by atoms with Crippen molar-refractivity contribution in [3.63, 3.8) is 0 Å². The van der Waals surface area contributed by atoms with Gasteiger partial charge in [-0.25, -0.2) is 8.42 Å². The Labute approximate surface area is 111 Å². The maximum absolute atomic E-state index is 12.0. The highest BCUT2D eigenvalue weighted by Gasteiger charge is 2.39. The van der Waals surface area contributed by atoms with Gasteiger partial charge in [-0.3, -0.25) is 0 Å². The van der Waals surface area contributed by atoms with Gasteiger partial charge in [-0.15, -0.1) is 0 Å². The molecule has 0 amide bonds. The van der Waals surface area contributed by atoms with Gasteiger partial charge < -0.3 is 5.32 Å². The molecule has 0 aliphatic carbocycles. The minimum absolute atomic E-state index is 0.186. The summed E-state index contributed by atoms with van der Waals surface area (Å²) in [6.45, 7) is 6.44. The summed E-state index contributed by atoms with van der Waals surface area (Å²) in [7, 11) is -3.14. The van der Waals surface area contributed by atoms with Crippen LogP contribution in [0.1, 0.15) is 38.8 Å². The highest BCUT2D eigenvalue weighted by molar-refractivity contribution is 7.92. The third kappa shape index (κ3) is 3.33. The van der Waals surface area contributed by atoms with Crippen molar-refractivity contribution in [3.8, 4) is 0 Å². The first-order chi connectivity index (χ1) is 8.30. The molecule has 1 unspecified atom stereocenters. The first kappa shape index (κ1) is 15.2. The van der Waals surface area contributed by atoms with Crippen molar-refractivity contribution in [2.45, 2.75) is 38.0 Å². The van der Waals surface area contributed by atoms with Gasteiger partial charge in [-0.05, 0) is 32.4 Å². The van der Waals surface area contributed by atoms with E-state index in [2.05, 4.69) is 12.2 Å². The predicted octanol–water partition coefficient (Wildman–Crippen LogP) is 2.55. The van der Waals surface area contributed by atoms with Crippen molar-refractivity contribution in [2.24, 2.45) is 0 Å². The van der Waals surface area contributed by atoms with Crippen molar-refractivity contribution < 1.29 is 8.42 Å². The first-order valence-corrected chi connectivity index (χ1v) is 8.17. The Morgan fingerprint density at radius 3 is 2.22 bits per heavy atom. The van der Waals surface area contributed by atoms with Gasteiger partial charge in [0.1, 0.15) is 0 Å². The van der Waals surface area contributed by atoms with Gasteiger partial charge in [0.05, 0.1) is 10.8 Å². The zero-order chi connectivity index (χ0) is 13.8. The highest BCUT2D eigenvalue weighted by atomic mass is 32.2. The van der Waals surface area contributed by atoms with Crippen molar-refractivity contribution in [2.75, 3.05) is 12.8 Å². The zero-order valence-corrected chi connectivity index (χ0v) is 12.4. The molecule has 1 atom stereocenters. The van der Waals surface area contributed by atoms with Crippen molar-refractivity contribution in [1.29, 1.82) is 0 Å². The molecule has 0 saturated carbocycles. The van der Waals surface area contributed by atoms with E-state index in [1.54, 1.807) is 13.8 Å². The Kier molecular flexibility index (Phi) is 4.93. The molecule has 0 saturated heterocycles. The fraction of sp³-hybridized carbons (Fsp3) is 0.571. The summed E-state index contributed by atoms with van der Waals surface area (Å²) in [5, 5.41) is 3.35. The second-order valence-electron chi connectivity index (χ2n) is 5.17. The fourth-order valence-corrected chi connectivity index (χ4v) is 2.56. The molecule has 0 bridgehead atoms. The Balaban J connectivity index is 3.14. The summed E-state index contributed by atoms with van der Waals surface area (Å²) in [4.78, 5) is 0. The Morgan fingerprint density at radius 1 is 1.22 bits per heavy atom. The smallest absolute Gasteiger partial charge is 0.154 e. The molecule has 0 aliphatic rings. The van der Waals surface area contributed by atoms with Gasteiger partial charge in [-0.2, -0.15) is 0 Å². The molecule has 1 N–H and O–H groups in total. The van der Waals surface area contributed by atoms with E-state index in [-0.39, 0.29) is 6.04 Å². The average Bonchev–Trinajstić information content (AvgIpc) is 2.29. The van der Waals surface area contributed by atoms with Gasteiger partial charge in [0.15, 0.2) is 9.84 Å². The lowest BCUT2D eigenvalue weighted by atomic mass is 9.95. The van der Waals surface area contributed by atoms with E-state index in [0.29, 0.717) is 0 Å². The standard InChI is InChI=1S/C14H23NO2S/c1-5-11-15-13(12-9-7-6-8-10-12)14(2,3)18(4,16)17/h6-10,13,15H,5,11H2,1-4H3. The third-order valence-corrected chi connectivity index (χ3v) is 5.53. The van der Waals surface area contributed by atoms with E-state index in [0.717, 1.165) is 18.5 Å². The van der Waals surface area contributed by atoms with Crippen molar-refractivity contribution >= 4 is 9.84 Å². The highest BCUT2D eigenvalue weighted by Crippen LogP contribution is 2.32. The molecular weight excluding hydrogens is 246 g/mol. The number of benzene rings is 1. The van der Waals surface area contributed by atoms with Gasteiger partial charge in [-0.1, -0.05) is 37.3 Å². The molecule has 0 aromatic heterocycles. The van der Waals surface area contributed by atoms with Crippen LogP contribution in [0.25, 0.3) is 0 Å². The Bertz CT molecular complexity index is 466. The lowest BCUT2D eigenvalue weighted by molar-refractivity contribution is 0.420. The van der Waals surface area contributed by atoms with Crippen LogP contribution in [0.5, 0.6) is 0 Å². The van der Waals surface area contributed by atoms with E-state index >= 15 is 0 Å². The van der Waals surface area contributed by atoms with Crippen LogP contribution in [0, 0.1) is 0 Å². The molecule has 18 heavy (non-hydrogen) atoms.